The average Bonchev–Trinajstić information content (AvgIpc) is 2.52. The number of methoxy groups -OCH3 is 1. The molecule has 0 amide bonds. The Kier molecular flexibility index (Phi) is 4.88. The van der Waals surface area contributed by atoms with Gasteiger partial charge in [0.25, 0.3) is 0 Å². The van der Waals surface area contributed by atoms with Crippen LogP contribution in [0.1, 0.15) is 28.0 Å². The predicted molar refractivity (Wildman–Crippen MR) is 76.5 cm³/mol. The molecule has 1 aromatic carbocycles. The number of phenolic OH excluding ortho intramolecular Hbond substituents is 1. The molecule has 122 valence electrons. The predicted octanol–water partition coefficient (Wildman–Crippen LogP) is 3.63. The van der Waals surface area contributed by atoms with Crippen molar-refractivity contribution in [2.24, 2.45) is 0 Å². The molecule has 0 atom stereocenters. The summed E-state index contributed by atoms with van der Waals surface area (Å²) in [6.07, 6.45) is -2.97. The molecule has 1 N–H and O–H groups in total. The van der Waals surface area contributed by atoms with E-state index < -0.39 is 11.9 Å². The molecular formula is C16H14F3NO3. The minimum absolute atomic E-state index is 0.0732. The van der Waals surface area contributed by atoms with Gasteiger partial charge in [-0.2, -0.15) is 13.2 Å². The van der Waals surface area contributed by atoms with Crippen LogP contribution in [0.4, 0.5) is 13.2 Å². The second kappa shape index (κ2) is 6.68. The van der Waals surface area contributed by atoms with Crippen LogP contribution in [0.2, 0.25) is 0 Å². The number of carbonyl (C=O) groups excluding carboxylic acids is 1. The number of benzene rings is 1. The number of phenols is 1. The molecule has 1 heterocycles. The van der Waals surface area contributed by atoms with E-state index in [0.717, 1.165) is 12.3 Å². The zero-order valence-corrected chi connectivity index (χ0v) is 12.2. The van der Waals surface area contributed by atoms with Crippen LogP contribution in [-0.4, -0.2) is 23.0 Å². The van der Waals surface area contributed by atoms with Crippen LogP contribution in [0.3, 0.4) is 0 Å². The summed E-state index contributed by atoms with van der Waals surface area (Å²) in [7, 11) is 1.37. The van der Waals surface area contributed by atoms with E-state index in [4.69, 9.17) is 4.74 Å². The maximum Gasteiger partial charge on any atom is 0.433 e. The van der Waals surface area contributed by atoms with Crippen molar-refractivity contribution >= 4 is 5.78 Å². The van der Waals surface area contributed by atoms with Gasteiger partial charge in [0.05, 0.1) is 7.11 Å². The summed E-state index contributed by atoms with van der Waals surface area (Å²) in [6, 6.07) is 6.43. The highest BCUT2D eigenvalue weighted by molar-refractivity contribution is 5.96. The molecule has 0 fully saturated rings. The number of rotatable bonds is 5. The van der Waals surface area contributed by atoms with E-state index in [1.165, 1.54) is 31.4 Å². The van der Waals surface area contributed by atoms with Crippen LogP contribution in [0, 0.1) is 0 Å². The van der Waals surface area contributed by atoms with Gasteiger partial charge in [0.1, 0.15) is 5.69 Å². The van der Waals surface area contributed by atoms with Gasteiger partial charge in [-0.15, -0.1) is 0 Å². The number of pyridine rings is 1. The summed E-state index contributed by atoms with van der Waals surface area (Å²) in [6.45, 7) is 0. The Hall–Kier alpha value is -2.57. The molecule has 7 heteroatoms. The smallest absolute Gasteiger partial charge is 0.433 e. The first-order chi connectivity index (χ1) is 10.8. The normalized spacial score (nSPS) is 11.3. The lowest BCUT2D eigenvalue weighted by Gasteiger charge is -2.07. The van der Waals surface area contributed by atoms with E-state index in [1.807, 2.05) is 0 Å². The number of ketones is 1. The van der Waals surface area contributed by atoms with Crippen LogP contribution in [0.25, 0.3) is 0 Å². The largest absolute Gasteiger partial charge is 0.504 e. The summed E-state index contributed by atoms with van der Waals surface area (Å²) in [4.78, 5) is 15.4. The molecule has 2 aromatic rings. The third kappa shape index (κ3) is 4.21. The summed E-state index contributed by atoms with van der Waals surface area (Å²) in [5, 5.41) is 9.48. The van der Waals surface area contributed by atoms with E-state index in [1.54, 1.807) is 0 Å². The molecule has 0 unspecified atom stereocenters. The van der Waals surface area contributed by atoms with Crippen molar-refractivity contribution in [2.75, 3.05) is 7.11 Å². The van der Waals surface area contributed by atoms with Crippen molar-refractivity contribution in [3.05, 3.63) is 53.3 Å². The lowest BCUT2D eigenvalue weighted by atomic mass is 10.0. The number of carbonyl (C=O) groups is 1. The van der Waals surface area contributed by atoms with Crippen LogP contribution in [-0.2, 0) is 12.6 Å². The molecule has 0 saturated carbocycles. The molecule has 0 saturated heterocycles. The first-order valence-electron chi connectivity index (χ1n) is 6.73. The molecule has 0 radical (unpaired) electrons. The van der Waals surface area contributed by atoms with Gasteiger partial charge in [-0.05, 0) is 36.2 Å². The first-order valence-corrected chi connectivity index (χ1v) is 6.73. The molecule has 2 rings (SSSR count). The number of halogens is 3. The van der Waals surface area contributed by atoms with Crippen LogP contribution >= 0.6 is 0 Å². The lowest BCUT2D eigenvalue weighted by Crippen LogP contribution is -2.08. The summed E-state index contributed by atoms with van der Waals surface area (Å²) >= 11 is 0. The van der Waals surface area contributed by atoms with Gasteiger partial charge < -0.3 is 9.84 Å². The molecule has 0 aliphatic heterocycles. The quantitative estimate of drug-likeness (QED) is 0.853. The minimum atomic E-state index is -4.48. The van der Waals surface area contributed by atoms with E-state index in [-0.39, 0.29) is 30.1 Å². The van der Waals surface area contributed by atoms with Crippen molar-refractivity contribution < 1.29 is 27.8 Å². The third-order valence-electron chi connectivity index (χ3n) is 3.26. The topological polar surface area (TPSA) is 59.4 Å². The van der Waals surface area contributed by atoms with Gasteiger partial charge in [0.15, 0.2) is 17.3 Å². The number of ether oxygens (including phenoxy) is 1. The minimum Gasteiger partial charge on any atom is -0.504 e. The second-order valence-electron chi connectivity index (χ2n) is 4.86. The summed E-state index contributed by atoms with van der Waals surface area (Å²) in [5.41, 5.74) is -0.0625. The Bertz CT molecular complexity index is 697. The SMILES string of the molecule is COc1cc(C(=O)CCc2ccc(C(F)(F)F)nc2)ccc1O. The molecule has 23 heavy (non-hydrogen) atoms. The number of aromatic hydroxyl groups is 1. The third-order valence-corrected chi connectivity index (χ3v) is 3.26. The zero-order valence-electron chi connectivity index (χ0n) is 12.2. The highest BCUT2D eigenvalue weighted by atomic mass is 19.4. The van der Waals surface area contributed by atoms with E-state index in [2.05, 4.69) is 4.98 Å². The summed E-state index contributed by atoms with van der Waals surface area (Å²) in [5.74, 6) is -0.0914. The molecule has 1 aromatic heterocycles. The van der Waals surface area contributed by atoms with Crippen LogP contribution < -0.4 is 4.74 Å². The molecule has 0 spiro atoms. The maximum atomic E-state index is 12.4. The Balaban J connectivity index is 2.02. The summed E-state index contributed by atoms with van der Waals surface area (Å²) < 4.78 is 42.2. The Morgan fingerprint density at radius 1 is 1.26 bits per heavy atom. The fourth-order valence-corrected chi connectivity index (χ4v) is 1.99. The van der Waals surface area contributed by atoms with E-state index in [0.29, 0.717) is 11.1 Å². The lowest BCUT2D eigenvalue weighted by molar-refractivity contribution is -0.141. The Morgan fingerprint density at radius 3 is 2.57 bits per heavy atom. The zero-order chi connectivity index (χ0) is 17.0. The molecular weight excluding hydrogens is 311 g/mol. The number of aryl methyl sites for hydroxylation is 1. The van der Waals surface area contributed by atoms with Gasteiger partial charge in [-0.1, -0.05) is 6.07 Å². The molecule has 0 aliphatic carbocycles. The van der Waals surface area contributed by atoms with Crippen molar-refractivity contribution in [1.29, 1.82) is 0 Å². The Labute approximate surface area is 130 Å². The number of Topliss-reactive ketones (excluding diaryl/α,β-unsaturated/α-hetero) is 1. The number of alkyl halides is 3. The average molecular weight is 325 g/mol. The van der Waals surface area contributed by atoms with Gasteiger partial charge in [-0.25, -0.2) is 0 Å². The van der Waals surface area contributed by atoms with Gasteiger partial charge in [0.2, 0.25) is 0 Å². The monoisotopic (exact) mass is 325 g/mol. The van der Waals surface area contributed by atoms with Crippen LogP contribution in [0.15, 0.2) is 36.5 Å². The second-order valence-corrected chi connectivity index (χ2v) is 4.86. The van der Waals surface area contributed by atoms with Crippen molar-refractivity contribution in [2.45, 2.75) is 19.0 Å². The van der Waals surface area contributed by atoms with E-state index >= 15 is 0 Å². The van der Waals surface area contributed by atoms with Gasteiger partial charge in [-0.3, -0.25) is 9.78 Å². The standard InChI is InChI=1S/C16H14F3NO3/c1-23-14-8-11(4-6-13(14)22)12(21)5-2-10-3-7-15(20-9-10)16(17,18)19/h3-4,6-9,22H,2,5H2,1H3. The Morgan fingerprint density at radius 2 is 2.00 bits per heavy atom. The molecule has 0 aliphatic rings. The highest BCUT2D eigenvalue weighted by Crippen LogP contribution is 2.28. The number of hydrogen-bond donors (Lipinski definition) is 1. The fraction of sp³-hybridized carbons (Fsp3) is 0.250. The van der Waals surface area contributed by atoms with E-state index in [9.17, 15) is 23.1 Å². The first kappa shape index (κ1) is 16.8. The maximum absolute atomic E-state index is 12.4. The van der Waals surface area contributed by atoms with Crippen molar-refractivity contribution in [3.63, 3.8) is 0 Å². The van der Waals surface area contributed by atoms with Gasteiger partial charge in [0, 0.05) is 18.2 Å². The number of nitrogens with zero attached hydrogens (tertiary/aromatic N) is 1. The van der Waals surface area contributed by atoms with Gasteiger partial charge >= 0.3 is 6.18 Å². The van der Waals surface area contributed by atoms with Crippen molar-refractivity contribution in [3.8, 4) is 11.5 Å². The fourth-order valence-electron chi connectivity index (χ4n) is 1.99. The number of hydrogen-bond acceptors (Lipinski definition) is 4. The van der Waals surface area contributed by atoms with Crippen molar-refractivity contribution in [1.82, 2.24) is 4.98 Å². The molecule has 4 nitrogen and oxygen atoms in total. The van der Waals surface area contributed by atoms with Crippen LogP contribution in [0.5, 0.6) is 11.5 Å². The molecule has 0 bridgehead atoms. The highest BCUT2D eigenvalue weighted by Gasteiger charge is 2.31. The number of aromatic nitrogens is 1.